The number of rotatable bonds is 6. The van der Waals surface area contributed by atoms with Crippen molar-refractivity contribution in [3.05, 3.63) is 47.9 Å². The van der Waals surface area contributed by atoms with Crippen molar-refractivity contribution in [2.24, 2.45) is 0 Å². The maximum absolute atomic E-state index is 12.0. The molecule has 2 aromatic carbocycles. The van der Waals surface area contributed by atoms with Crippen LogP contribution in [0.4, 0.5) is 0 Å². The van der Waals surface area contributed by atoms with Crippen molar-refractivity contribution in [3.8, 4) is 11.5 Å². The van der Waals surface area contributed by atoms with E-state index in [1.54, 1.807) is 39.4 Å². The Kier molecular flexibility index (Phi) is 4.99. The number of sulfone groups is 1. The van der Waals surface area contributed by atoms with Crippen LogP contribution in [0.25, 0.3) is 23.3 Å². The van der Waals surface area contributed by atoms with Gasteiger partial charge in [-0.2, -0.15) is 0 Å². The van der Waals surface area contributed by atoms with Gasteiger partial charge < -0.3 is 13.9 Å². The van der Waals surface area contributed by atoms with Crippen LogP contribution < -0.4 is 9.47 Å². The van der Waals surface area contributed by atoms with E-state index < -0.39 is 9.84 Å². The summed E-state index contributed by atoms with van der Waals surface area (Å²) in [5.74, 6) is 1.78. The molecule has 0 amide bonds. The van der Waals surface area contributed by atoms with Crippen LogP contribution in [0.5, 0.6) is 11.5 Å². The second-order valence-electron chi connectivity index (χ2n) is 5.56. The lowest BCUT2D eigenvalue weighted by molar-refractivity contribution is 0.394. The molecule has 0 fully saturated rings. The average Bonchev–Trinajstić information content (AvgIpc) is 3.08. The van der Waals surface area contributed by atoms with Crippen molar-refractivity contribution in [3.63, 3.8) is 0 Å². The first-order valence-electron chi connectivity index (χ1n) is 7.99. The van der Waals surface area contributed by atoms with E-state index in [1.807, 2.05) is 18.2 Å². The Morgan fingerprint density at radius 1 is 1.04 bits per heavy atom. The van der Waals surface area contributed by atoms with Crippen LogP contribution in [0, 0.1) is 0 Å². The molecule has 3 rings (SSSR count). The molecule has 1 aromatic heterocycles. The monoisotopic (exact) mass is 373 g/mol. The van der Waals surface area contributed by atoms with Gasteiger partial charge in [0, 0.05) is 12.1 Å². The predicted octanol–water partition coefficient (Wildman–Crippen LogP) is 3.81. The standard InChI is InChI=1S/C19H19NO5S/c1-4-26(21,22)16-6-7-18-17(12-16)20-19(25-18)8-5-13-9-14(23-2)11-15(10-13)24-3/h5-12H,4H2,1-3H3/b8-5+. The van der Waals surface area contributed by atoms with Gasteiger partial charge in [-0.3, -0.25) is 0 Å². The first-order chi connectivity index (χ1) is 12.4. The summed E-state index contributed by atoms with van der Waals surface area (Å²) in [4.78, 5) is 4.59. The number of fused-ring (bicyclic) bond motifs is 1. The number of hydrogen-bond acceptors (Lipinski definition) is 6. The summed E-state index contributed by atoms with van der Waals surface area (Å²) >= 11 is 0. The molecule has 0 aliphatic carbocycles. The minimum absolute atomic E-state index is 0.0425. The van der Waals surface area contributed by atoms with Gasteiger partial charge in [-0.05, 0) is 42.0 Å². The molecule has 26 heavy (non-hydrogen) atoms. The number of hydrogen-bond donors (Lipinski definition) is 0. The number of methoxy groups -OCH3 is 2. The molecule has 0 radical (unpaired) electrons. The van der Waals surface area contributed by atoms with E-state index in [-0.39, 0.29) is 10.6 Å². The Hall–Kier alpha value is -2.80. The number of ether oxygens (including phenoxy) is 2. The molecular weight excluding hydrogens is 354 g/mol. The van der Waals surface area contributed by atoms with Gasteiger partial charge in [0.15, 0.2) is 15.4 Å². The van der Waals surface area contributed by atoms with Gasteiger partial charge in [0.25, 0.3) is 0 Å². The van der Waals surface area contributed by atoms with Crippen LogP contribution in [0.3, 0.4) is 0 Å². The van der Waals surface area contributed by atoms with Gasteiger partial charge in [0.1, 0.15) is 17.0 Å². The molecule has 0 aliphatic heterocycles. The summed E-state index contributed by atoms with van der Waals surface area (Å²) in [5.41, 5.74) is 1.89. The topological polar surface area (TPSA) is 78.6 Å². The predicted molar refractivity (Wildman–Crippen MR) is 100 cm³/mol. The zero-order valence-electron chi connectivity index (χ0n) is 14.7. The quantitative estimate of drug-likeness (QED) is 0.654. The summed E-state index contributed by atoms with van der Waals surface area (Å²) in [7, 11) is -0.102. The summed E-state index contributed by atoms with van der Waals surface area (Å²) < 4.78 is 40.1. The van der Waals surface area contributed by atoms with E-state index >= 15 is 0 Å². The molecule has 7 heteroatoms. The van der Waals surface area contributed by atoms with Gasteiger partial charge in [-0.1, -0.05) is 6.92 Å². The highest BCUT2D eigenvalue weighted by Gasteiger charge is 2.14. The minimum Gasteiger partial charge on any atom is -0.497 e. The lowest BCUT2D eigenvalue weighted by Crippen LogP contribution is -2.03. The maximum atomic E-state index is 12.0. The summed E-state index contributed by atoms with van der Waals surface area (Å²) in [6.45, 7) is 1.61. The molecule has 0 saturated carbocycles. The van der Waals surface area contributed by atoms with Crippen LogP contribution in [-0.4, -0.2) is 33.4 Å². The largest absolute Gasteiger partial charge is 0.497 e. The maximum Gasteiger partial charge on any atom is 0.220 e. The van der Waals surface area contributed by atoms with Gasteiger partial charge in [-0.25, -0.2) is 13.4 Å². The first kappa shape index (κ1) is 18.0. The zero-order valence-corrected chi connectivity index (χ0v) is 15.5. The second kappa shape index (κ2) is 7.21. The molecule has 0 saturated heterocycles. The van der Waals surface area contributed by atoms with E-state index in [1.165, 1.54) is 12.1 Å². The molecule has 1 heterocycles. The smallest absolute Gasteiger partial charge is 0.220 e. The Labute approximate surface area is 152 Å². The lowest BCUT2D eigenvalue weighted by Gasteiger charge is -2.05. The van der Waals surface area contributed by atoms with E-state index in [4.69, 9.17) is 13.9 Å². The molecule has 136 valence electrons. The highest BCUT2D eigenvalue weighted by Crippen LogP contribution is 2.25. The minimum atomic E-state index is -3.28. The molecule has 0 N–H and O–H groups in total. The van der Waals surface area contributed by atoms with Crippen LogP contribution in [0.1, 0.15) is 18.4 Å². The van der Waals surface area contributed by atoms with Crippen molar-refractivity contribution < 1.29 is 22.3 Å². The van der Waals surface area contributed by atoms with Gasteiger partial charge >= 0.3 is 0 Å². The first-order valence-corrected chi connectivity index (χ1v) is 9.65. The van der Waals surface area contributed by atoms with Gasteiger partial charge in [-0.15, -0.1) is 0 Å². The molecule has 6 nitrogen and oxygen atoms in total. The third-order valence-corrected chi connectivity index (χ3v) is 5.64. The highest BCUT2D eigenvalue weighted by molar-refractivity contribution is 7.91. The molecule has 0 atom stereocenters. The highest BCUT2D eigenvalue weighted by atomic mass is 32.2. The van der Waals surface area contributed by atoms with Crippen molar-refractivity contribution in [2.75, 3.05) is 20.0 Å². The Morgan fingerprint density at radius 2 is 1.73 bits per heavy atom. The molecule has 0 unspecified atom stereocenters. The molecule has 0 spiro atoms. The Balaban J connectivity index is 1.93. The molecular formula is C19H19NO5S. The summed E-state index contributed by atoms with van der Waals surface area (Å²) in [5, 5.41) is 0. The van der Waals surface area contributed by atoms with Crippen molar-refractivity contribution in [1.29, 1.82) is 0 Å². The third-order valence-electron chi connectivity index (χ3n) is 3.91. The molecule has 0 bridgehead atoms. The van der Waals surface area contributed by atoms with Crippen molar-refractivity contribution in [1.82, 2.24) is 4.98 Å². The summed E-state index contributed by atoms with van der Waals surface area (Å²) in [6, 6.07) is 10.2. The van der Waals surface area contributed by atoms with Crippen LogP contribution >= 0.6 is 0 Å². The number of nitrogens with zero attached hydrogens (tertiary/aromatic N) is 1. The van der Waals surface area contributed by atoms with E-state index in [0.29, 0.717) is 28.5 Å². The number of oxazole rings is 1. The Morgan fingerprint density at radius 3 is 2.35 bits per heavy atom. The normalized spacial score (nSPS) is 12.0. The fourth-order valence-corrected chi connectivity index (χ4v) is 3.35. The second-order valence-corrected chi connectivity index (χ2v) is 7.84. The van der Waals surface area contributed by atoms with Crippen LogP contribution in [0.15, 0.2) is 45.7 Å². The van der Waals surface area contributed by atoms with E-state index in [0.717, 1.165) is 5.56 Å². The van der Waals surface area contributed by atoms with Gasteiger partial charge in [0.2, 0.25) is 5.89 Å². The lowest BCUT2D eigenvalue weighted by atomic mass is 10.2. The SMILES string of the molecule is CCS(=O)(=O)c1ccc2oc(/C=C/c3cc(OC)cc(OC)c3)nc2c1. The van der Waals surface area contributed by atoms with Gasteiger partial charge in [0.05, 0.1) is 24.9 Å². The van der Waals surface area contributed by atoms with E-state index in [2.05, 4.69) is 4.98 Å². The van der Waals surface area contributed by atoms with Crippen molar-refractivity contribution >= 4 is 33.1 Å². The fourth-order valence-electron chi connectivity index (χ4n) is 2.45. The summed E-state index contributed by atoms with van der Waals surface area (Å²) in [6.07, 6.45) is 3.53. The molecule has 3 aromatic rings. The van der Waals surface area contributed by atoms with Crippen LogP contribution in [-0.2, 0) is 9.84 Å². The van der Waals surface area contributed by atoms with Crippen LogP contribution in [0.2, 0.25) is 0 Å². The fraction of sp³-hybridized carbons (Fsp3) is 0.211. The van der Waals surface area contributed by atoms with E-state index in [9.17, 15) is 8.42 Å². The molecule has 0 aliphatic rings. The zero-order chi connectivity index (χ0) is 18.7. The van der Waals surface area contributed by atoms with Crippen molar-refractivity contribution in [2.45, 2.75) is 11.8 Å². The average molecular weight is 373 g/mol. The third kappa shape index (κ3) is 3.72. The Bertz CT molecular complexity index is 1040. The number of aromatic nitrogens is 1. The number of benzene rings is 2.